The number of ether oxygens (including phenoxy) is 1. The summed E-state index contributed by atoms with van der Waals surface area (Å²) in [7, 11) is 3.87. The zero-order chi connectivity index (χ0) is 22.1. The zero-order valence-corrected chi connectivity index (χ0v) is 18.3. The highest BCUT2D eigenvalue weighted by Gasteiger charge is 2.18. The summed E-state index contributed by atoms with van der Waals surface area (Å²) in [6.45, 7) is 4.08. The molecule has 0 radical (unpaired) electrons. The lowest BCUT2D eigenvalue weighted by Gasteiger charge is -2.34. The third kappa shape index (κ3) is 3.97. The largest absolute Gasteiger partial charge is 0.508 e. The van der Waals surface area contributed by atoms with Crippen LogP contribution in [0.25, 0.3) is 16.9 Å². The number of hydrogen-bond acceptors (Lipinski definition) is 7. The molecule has 0 saturated carbocycles. The lowest BCUT2D eigenvalue weighted by atomic mass is 10.1. The Balaban J connectivity index is 1.42. The zero-order valence-electron chi connectivity index (χ0n) is 18.3. The number of methoxy groups -OCH3 is 1. The molecule has 0 amide bonds. The van der Waals surface area contributed by atoms with Crippen LogP contribution in [0.1, 0.15) is 11.4 Å². The van der Waals surface area contributed by atoms with Crippen LogP contribution < -0.4 is 9.64 Å². The van der Waals surface area contributed by atoms with Gasteiger partial charge >= 0.3 is 0 Å². The minimum absolute atomic E-state index is 0.224. The molecule has 0 aliphatic carbocycles. The van der Waals surface area contributed by atoms with Gasteiger partial charge in [-0.05, 0) is 49.0 Å². The predicted molar refractivity (Wildman–Crippen MR) is 123 cm³/mol. The number of fused-ring (bicyclic) bond motifs is 1. The van der Waals surface area contributed by atoms with Crippen LogP contribution in [0.2, 0.25) is 0 Å². The van der Waals surface area contributed by atoms with E-state index in [1.165, 1.54) is 0 Å². The number of anilines is 1. The van der Waals surface area contributed by atoms with Crippen LogP contribution in [0, 0.1) is 0 Å². The lowest BCUT2D eigenvalue weighted by molar-refractivity contribution is 0.311. The van der Waals surface area contributed by atoms with E-state index >= 15 is 0 Å². The number of phenolic OH excluding ortho intramolecular Hbond substituents is 1. The molecule has 1 N–H and O–H groups in total. The maximum atomic E-state index is 9.58. The minimum Gasteiger partial charge on any atom is -0.508 e. The monoisotopic (exact) mass is 430 g/mol. The first-order valence-electron chi connectivity index (χ1n) is 10.7. The molecule has 0 bridgehead atoms. The normalized spacial score (nSPS) is 14.8. The van der Waals surface area contributed by atoms with Gasteiger partial charge in [0, 0.05) is 38.2 Å². The van der Waals surface area contributed by atoms with Crippen LogP contribution >= 0.6 is 0 Å². The first-order valence-corrected chi connectivity index (χ1v) is 10.7. The molecule has 8 nitrogen and oxygen atoms in total. The van der Waals surface area contributed by atoms with Crippen molar-refractivity contribution in [1.29, 1.82) is 0 Å². The summed E-state index contributed by atoms with van der Waals surface area (Å²) in [5.41, 5.74) is 4.65. The van der Waals surface area contributed by atoms with Crippen LogP contribution in [0.5, 0.6) is 11.5 Å². The van der Waals surface area contributed by atoms with Crippen molar-refractivity contribution >= 4 is 11.3 Å². The number of nitrogens with zero attached hydrogens (tertiary/aromatic N) is 6. The second-order valence-electron chi connectivity index (χ2n) is 8.11. The molecule has 1 aliphatic heterocycles. The van der Waals surface area contributed by atoms with Crippen molar-refractivity contribution in [2.75, 3.05) is 45.2 Å². The lowest BCUT2D eigenvalue weighted by Crippen LogP contribution is -2.44. The summed E-state index contributed by atoms with van der Waals surface area (Å²) < 4.78 is 7.51. The average molecular weight is 431 g/mol. The highest BCUT2D eigenvalue weighted by molar-refractivity contribution is 5.63. The summed E-state index contributed by atoms with van der Waals surface area (Å²) in [5, 5.41) is 14.3. The smallest absolute Gasteiger partial charge is 0.174 e. The van der Waals surface area contributed by atoms with Crippen molar-refractivity contribution < 1.29 is 9.84 Å². The van der Waals surface area contributed by atoms with E-state index in [9.17, 15) is 5.11 Å². The molecule has 8 heteroatoms. The Kier molecular flexibility index (Phi) is 5.36. The molecular formula is C24H26N6O2. The van der Waals surface area contributed by atoms with Gasteiger partial charge in [0.1, 0.15) is 11.5 Å². The second kappa shape index (κ2) is 8.47. The molecular weight excluding hydrogens is 404 g/mol. The van der Waals surface area contributed by atoms with Gasteiger partial charge in [-0.15, -0.1) is 0 Å². The minimum atomic E-state index is 0.224. The van der Waals surface area contributed by atoms with Gasteiger partial charge in [-0.25, -0.2) is 9.50 Å². The van der Waals surface area contributed by atoms with Crippen LogP contribution in [0.15, 0.2) is 54.9 Å². The quantitative estimate of drug-likeness (QED) is 0.522. The Bertz CT molecular complexity index is 1230. The fourth-order valence-electron chi connectivity index (χ4n) is 4.09. The maximum Gasteiger partial charge on any atom is 0.174 e. The highest BCUT2D eigenvalue weighted by atomic mass is 16.5. The molecule has 32 heavy (non-hydrogen) atoms. The summed E-state index contributed by atoms with van der Waals surface area (Å²) in [4.78, 5) is 13.7. The molecule has 2 aromatic heterocycles. The standard InChI is InChI=1S/C24H26N6O2/c1-28-9-11-29(12-10-28)20-8-3-17(13-22(20)32-2)14-23-26-24-16-25-15-21(30(24)27-23)18-4-6-19(31)7-5-18/h3-8,13,15-16,31H,9-12,14H2,1-2H3. The van der Waals surface area contributed by atoms with Gasteiger partial charge < -0.3 is 19.6 Å². The average Bonchev–Trinajstić information content (AvgIpc) is 3.23. The number of piperazine rings is 1. The number of aromatic nitrogens is 4. The fraction of sp³-hybridized carbons (Fsp3) is 0.292. The summed E-state index contributed by atoms with van der Waals surface area (Å²) in [5.74, 6) is 1.82. The van der Waals surface area contributed by atoms with Crippen molar-refractivity contribution in [1.82, 2.24) is 24.5 Å². The van der Waals surface area contributed by atoms with Gasteiger partial charge in [-0.2, -0.15) is 5.10 Å². The van der Waals surface area contributed by atoms with Gasteiger partial charge in [0.25, 0.3) is 0 Å². The first-order chi connectivity index (χ1) is 15.6. The Labute approximate surface area is 186 Å². The molecule has 1 saturated heterocycles. The van der Waals surface area contributed by atoms with Gasteiger partial charge in [-0.3, -0.25) is 4.98 Å². The second-order valence-corrected chi connectivity index (χ2v) is 8.11. The molecule has 0 unspecified atom stereocenters. The highest BCUT2D eigenvalue weighted by Crippen LogP contribution is 2.31. The van der Waals surface area contributed by atoms with E-state index in [0.717, 1.165) is 54.4 Å². The van der Waals surface area contributed by atoms with E-state index in [2.05, 4.69) is 45.0 Å². The van der Waals surface area contributed by atoms with Crippen LogP contribution in [-0.4, -0.2) is 69.9 Å². The van der Waals surface area contributed by atoms with Gasteiger partial charge in [0.05, 0.1) is 30.9 Å². The Hall–Kier alpha value is -3.65. The van der Waals surface area contributed by atoms with E-state index in [1.807, 2.05) is 12.1 Å². The third-order valence-corrected chi connectivity index (χ3v) is 5.90. The van der Waals surface area contributed by atoms with E-state index in [4.69, 9.17) is 9.84 Å². The molecule has 5 rings (SSSR count). The molecule has 164 valence electrons. The molecule has 4 aromatic rings. The van der Waals surface area contributed by atoms with Crippen molar-refractivity contribution in [3.8, 4) is 22.8 Å². The molecule has 3 heterocycles. The summed E-state index contributed by atoms with van der Waals surface area (Å²) in [6, 6.07) is 13.3. The fourth-order valence-corrected chi connectivity index (χ4v) is 4.09. The third-order valence-electron chi connectivity index (χ3n) is 5.90. The topological polar surface area (TPSA) is 79.0 Å². The molecule has 0 atom stereocenters. The molecule has 1 fully saturated rings. The van der Waals surface area contributed by atoms with Crippen molar-refractivity contribution in [2.45, 2.75) is 6.42 Å². The summed E-state index contributed by atoms with van der Waals surface area (Å²) >= 11 is 0. The Morgan fingerprint density at radius 3 is 2.53 bits per heavy atom. The number of benzene rings is 2. The first kappa shape index (κ1) is 20.3. The summed E-state index contributed by atoms with van der Waals surface area (Å²) in [6.07, 6.45) is 4.05. The SMILES string of the molecule is COc1cc(Cc2nc3cncc(-c4ccc(O)cc4)n3n2)ccc1N1CCN(C)CC1. The van der Waals surface area contributed by atoms with Crippen molar-refractivity contribution in [3.63, 3.8) is 0 Å². The Morgan fingerprint density at radius 1 is 1.00 bits per heavy atom. The van der Waals surface area contributed by atoms with E-state index in [-0.39, 0.29) is 5.75 Å². The number of hydrogen-bond donors (Lipinski definition) is 1. The number of phenols is 1. The van der Waals surface area contributed by atoms with Gasteiger partial charge in [0.15, 0.2) is 11.5 Å². The van der Waals surface area contributed by atoms with Gasteiger partial charge in [0.2, 0.25) is 0 Å². The van der Waals surface area contributed by atoms with Crippen molar-refractivity contribution in [2.24, 2.45) is 0 Å². The van der Waals surface area contributed by atoms with Crippen molar-refractivity contribution in [3.05, 3.63) is 66.2 Å². The van der Waals surface area contributed by atoms with Gasteiger partial charge in [-0.1, -0.05) is 6.07 Å². The number of likely N-dealkylation sites (N-methyl/N-ethyl adjacent to an activating group) is 1. The molecule has 2 aromatic carbocycles. The number of aromatic hydroxyl groups is 1. The molecule has 1 aliphatic rings. The van der Waals surface area contributed by atoms with E-state index in [0.29, 0.717) is 17.9 Å². The Morgan fingerprint density at radius 2 is 1.78 bits per heavy atom. The predicted octanol–water partition coefficient (Wildman–Crippen LogP) is 2.85. The van der Waals surface area contributed by atoms with E-state index in [1.54, 1.807) is 36.2 Å². The number of rotatable bonds is 5. The van der Waals surface area contributed by atoms with Crippen LogP contribution in [-0.2, 0) is 6.42 Å². The van der Waals surface area contributed by atoms with Crippen LogP contribution in [0.3, 0.4) is 0 Å². The van der Waals surface area contributed by atoms with E-state index < -0.39 is 0 Å². The maximum absolute atomic E-state index is 9.58. The molecule has 0 spiro atoms. The van der Waals surface area contributed by atoms with Crippen LogP contribution in [0.4, 0.5) is 5.69 Å².